The Bertz CT molecular complexity index is 1880. The van der Waals surface area contributed by atoms with E-state index in [9.17, 15) is 19.0 Å². The first-order chi connectivity index (χ1) is 44.4. The second-order valence-corrected chi connectivity index (χ2v) is 28.6. The normalized spacial score (nSPS) is 14.0. The number of likely N-dealkylation sites (N-methyl/N-ethyl adjacent to an activating group) is 1. The molecule has 0 rings (SSSR count). The van der Waals surface area contributed by atoms with Crippen molar-refractivity contribution < 1.29 is 37.3 Å². The van der Waals surface area contributed by atoms with Gasteiger partial charge in [-0.15, -0.1) is 0 Å². The lowest BCUT2D eigenvalue weighted by molar-refractivity contribution is -0.870. The highest BCUT2D eigenvalue weighted by Crippen LogP contribution is 2.43. The summed E-state index contributed by atoms with van der Waals surface area (Å²) in [6.07, 6.45) is 95.8. The van der Waals surface area contributed by atoms with Gasteiger partial charge in [0.25, 0.3) is 0 Å². The Kier molecular flexibility index (Phi) is 67.4. The van der Waals surface area contributed by atoms with Crippen molar-refractivity contribution in [3.8, 4) is 0 Å². The van der Waals surface area contributed by atoms with Crippen LogP contribution in [0.25, 0.3) is 0 Å². The van der Waals surface area contributed by atoms with Crippen LogP contribution in [0.5, 0.6) is 0 Å². The minimum atomic E-state index is -4.47. The van der Waals surface area contributed by atoms with Gasteiger partial charge < -0.3 is 19.4 Å². The average Bonchev–Trinajstić information content (AvgIpc) is 3.73. The Balaban J connectivity index is 5.03. The van der Waals surface area contributed by atoms with Crippen LogP contribution in [0, 0.1) is 0 Å². The van der Waals surface area contributed by atoms with Crippen molar-refractivity contribution in [1.82, 2.24) is 5.32 Å². The van der Waals surface area contributed by atoms with Crippen molar-refractivity contribution in [2.75, 3.05) is 40.9 Å². The van der Waals surface area contributed by atoms with Gasteiger partial charge in [-0.05, 0) is 109 Å². The van der Waals surface area contributed by atoms with E-state index in [1.165, 1.54) is 199 Å². The molecule has 2 N–H and O–H groups in total. The molecular weight excluding hydrogens is 1140 g/mol. The molecule has 0 aromatic carbocycles. The van der Waals surface area contributed by atoms with Gasteiger partial charge in [0.15, 0.2) is 0 Å². The van der Waals surface area contributed by atoms with Crippen molar-refractivity contribution in [3.63, 3.8) is 0 Å². The second kappa shape index (κ2) is 69.8. The van der Waals surface area contributed by atoms with Crippen molar-refractivity contribution >= 4 is 19.7 Å². The van der Waals surface area contributed by atoms with Gasteiger partial charge in [0.05, 0.1) is 33.8 Å². The number of hydrogen-bond acceptors (Lipinski definition) is 6. The molecule has 0 heterocycles. The zero-order valence-corrected chi connectivity index (χ0v) is 61.5. The Morgan fingerprint density at radius 3 is 1.07 bits per heavy atom. The van der Waals surface area contributed by atoms with Crippen LogP contribution in [-0.2, 0) is 27.9 Å². The predicted molar refractivity (Wildman–Crippen MR) is 397 cm³/mol. The van der Waals surface area contributed by atoms with Gasteiger partial charge in [-0.2, -0.15) is 0 Å². The van der Waals surface area contributed by atoms with Crippen LogP contribution in [0.4, 0.5) is 0 Å². The number of amides is 1. The molecule has 0 aromatic rings. The monoisotopic (exact) mass is 1290 g/mol. The van der Waals surface area contributed by atoms with Gasteiger partial charge in [-0.3, -0.25) is 18.6 Å². The van der Waals surface area contributed by atoms with Crippen LogP contribution >= 0.6 is 7.82 Å². The molecule has 10 heteroatoms. The van der Waals surface area contributed by atoms with Gasteiger partial charge in [0.1, 0.15) is 19.3 Å². The van der Waals surface area contributed by atoms with Crippen LogP contribution in [0.2, 0.25) is 0 Å². The lowest BCUT2D eigenvalue weighted by atomic mass is 10.0. The van der Waals surface area contributed by atoms with Crippen molar-refractivity contribution in [2.24, 2.45) is 0 Å². The number of ether oxygens (including phenoxy) is 1. The third-order valence-corrected chi connectivity index (χ3v) is 18.0. The SMILES string of the molecule is CC/C=C\C/C=C\C/C=C\C/C=C\C/C=C\C/C=C\CCCCCCCCC(=O)NC(COP(=O)(O)OCC[N+](C)(C)C)C(/C=C/CCCCCCCCCCCCC)OC(=O)CCCCCCCCCCCCCCCCCCC/C=C/CCCCCCCC. The molecule has 3 atom stereocenters. The van der Waals surface area contributed by atoms with Crippen molar-refractivity contribution in [2.45, 2.75) is 367 Å². The molecular formula is C81H148N2O7P+. The molecule has 9 nitrogen and oxygen atoms in total. The molecule has 0 fully saturated rings. The van der Waals surface area contributed by atoms with Crippen LogP contribution in [-0.4, -0.2) is 74.3 Å². The number of quaternary nitrogens is 1. The summed E-state index contributed by atoms with van der Waals surface area (Å²) in [6, 6.07) is -0.862. The van der Waals surface area contributed by atoms with Crippen molar-refractivity contribution in [3.05, 3.63) is 97.2 Å². The summed E-state index contributed by atoms with van der Waals surface area (Å²) < 4.78 is 30.9. The van der Waals surface area contributed by atoms with E-state index in [-0.39, 0.29) is 31.5 Å². The number of allylic oxidation sites excluding steroid dienone is 15. The number of unbranched alkanes of at least 4 members (excludes halogenated alkanes) is 40. The van der Waals surface area contributed by atoms with E-state index >= 15 is 0 Å². The Labute approximate surface area is 564 Å². The number of hydrogen-bond donors (Lipinski definition) is 2. The first kappa shape index (κ1) is 87.9. The Morgan fingerprint density at radius 2 is 0.703 bits per heavy atom. The molecule has 0 spiro atoms. The molecule has 1 amide bonds. The van der Waals surface area contributed by atoms with Gasteiger partial charge in [0, 0.05) is 12.8 Å². The maximum absolute atomic E-state index is 13.7. The van der Waals surface area contributed by atoms with Crippen LogP contribution in [0.1, 0.15) is 355 Å². The largest absolute Gasteiger partial charge is 0.472 e. The minimum Gasteiger partial charge on any atom is -0.456 e. The summed E-state index contributed by atoms with van der Waals surface area (Å²) in [5.74, 6) is -0.512. The van der Waals surface area contributed by atoms with Crippen LogP contribution < -0.4 is 5.32 Å². The lowest BCUT2D eigenvalue weighted by Crippen LogP contribution is -2.47. The fraction of sp³-hybridized carbons (Fsp3) is 0.778. The molecule has 528 valence electrons. The molecule has 3 unspecified atom stereocenters. The zero-order chi connectivity index (χ0) is 66.3. The van der Waals surface area contributed by atoms with E-state index in [1.807, 2.05) is 33.3 Å². The maximum Gasteiger partial charge on any atom is 0.472 e. The number of phosphoric ester groups is 1. The smallest absolute Gasteiger partial charge is 0.456 e. The number of carbonyl (C=O) groups is 2. The first-order valence-electron chi connectivity index (χ1n) is 38.6. The zero-order valence-electron chi connectivity index (χ0n) is 60.6. The number of carbonyl (C=O) groups excluding carboxylic acids is 2. The van der Waals surface area contributed by atoms with Crippen molar-refractivity contribution in [1.29, 1.82) is 0 Å². The standard InChI is InChI=1S/C81H147N2O7P/c1-7-10-13-16-19-22-25-28-30-32-34-36-38-40-41-43-45-47-49-51-53-56-59-62-65-68-71-74-81(85)90-79(72-69-66-63-60-57-54-27-24-21-18-15-12-9-3)78(77-89-91(86,87)88-76-75-83(4,5)6)82-80(84)73-70-67-64-61-58-55-52-50-48-46-44-42-39-37-35-33-31-29-26-23-20-17-14-11-8-2/h11,14,20,23,28-31,35,37,42,44,48,50,69,72,78-79H,7-10,12-13,15-19,21-22,24-27,32-34,36,38-41,43,45-47,49,51-68,70-71,73-77H2,1-6H3,(H-,82,84,86,87)/p+1/b14-11-,23-20-,30-28+,31-29-,37-35-,44-42-,50-48-,72-69+. The van der Waals surface area contributed by atoms with Gasteiger partial charge in [-0.25, -0.2) is 4.57 Å². The summed E-state index contributed by atoms with van der Waals surface area (Å²) in [7, 11) is 1.49. The van der Waals surface area contributed by atoms with E-state index in [2.05, 4.69) is 111 Å². The highest BCUT2D eigenvalue weighted by atomic mass is 31.2. The Morgan fingerprint density at radius 1 is 0.396 bits per heavy atom. The molecule has 0 aliphatic carbocycles. The number of rotatable bonds is 70. The summed E-state index contributed by atoms with van der Waals surface area (Å²) in [5.41, 5.74) is 0. The quantitative estimate of drug-likeness (QED) is 0.0205. The number of nitrogens with zero attached hydrogens (tertiary/aromatic N) is 1. The maximum atomic E-state index is 13.7. The predicted octanol–water partition coefficient (Wildman–Crippen LogP) is 25.0. The van der Waals surface area contributed by atoms with E-state index in [0.717, 1.165) is 122 Å². The lowest BCUT2D eigenvalue weighted by Gasteiger charge is -2.27. The number of esters is 1. The summed E-state index contributed by atoms with van der Waals surface area (Å²) in [5, 5.41) is 3.07. The number of nitrogens with one attached hydrogen (secondary N) is 1. The van der Waals surface area contributed by atoms with Crippen LogP contribution in [0.3, 0.4) is 0 Å². The number of phosphoric acid groups is 1. The van der Waals surface area contributed by atoms with E-state index in [1.54, 1.807) is 0 Å². The minimum absolute atomic E-state index is 0.0343. The fourth-order valence-corrected chi connectivity index (χ4v) is 11.9. The second-order valence-electron chi connectivity index (χ2n) is 27.1. The van der Waals surface area contributed by atoms with Gasteiger partial charge in [0.2, 0.25) is 5.91 Å². The molecule has 0 saturated carbocycles. The molecule has 0 saturated heterocycles. The fourth-order valence-electron chi connectivity index (χ4n) is 11.1. The van der Waals surface area contributed by atoms with E-state index in [4.69, 9.17) is 13.8 Å². The van der Waals surface area contributed by atoms with Crippen LogP contribution in [0.15, 0.2) is 97.2 Å². The van der Waals surface area contributed by atoms with Gasteiger partial charge in [-0.1, -0.05) is 330 Å². The van der Waals surface area contributed by atoms with Gasteiger partial charge >= 0.3 is 13.8 Å². The summed E-state index contributed by atoms with van der Waals surface area (Å²) in [4.78, 5) is 38.0. The summed E-state index contributed by atoms with van der Waals surface area (Å²) in [6.45, 7) is 6.92. The highest BCUT2D eigenvalue weighted by Gasteiger charge is 2.30. The third kappa shape index (κ3) is 71.1. The molecule has 91 heavy (non-hydrogen) atoms. The van der Waals surface area contributed by atoms with E-state index < -0.39 is 20.0 Å². The third-order valence-electron chi connectivity index (χ3n) is 17.0. The molecule has 0 aromatic heterocycles. The Hall–Kier alpha value is -3.07. The molecule has 0 radical (unpaired) electrons. The topological polar surface area (TPSA) is 111 Å². The first-order valence-corrected chi connectivity index (χ1v) is 40.1. The average molecular weight is 1290 g/mol. The molecule has 0 aliphatic rings. The van der Waals surface area contributed by atoms with E-state index in [0.29, 0.717) is 17.4 Å². The summed E-state index contributed by atoms with van der Waals surface area (Å²) >= 11 is 0. The highest BCUT2D eigenvalue weighted by molar-refractivity contribution is 7.47. The molecule has 0 bridgehead atoms. The molecule has 0 aliphatic heterocycles.